The molecule has 66 valence electrons. The van der Waals surface area contributed by atoms with Crippen molar-refractivity contribution in [2.24, 2.45) is 0 Å². The lowest BCUT2D eigenvalue weighted by atomic mass is 10.0. The van der Waals surface area contributed by atoms with E-state index in [1.165, 1.54) is 0 Å². The van der Waals surface area contributed by atoms with Gasteiger partial charge in [0, 0.05) is 0 Å². The van der Waals surface area contributed by atoms with Gasteiger partial charge in [0.2, 0.25) is 0 Å². The first-order chi connectivity index (χ1) is 5.61. The fraction of sp³-hybridized carbons (Fsp3) is 0.625. The molecule has 0 aromatic carbocycles. The molecule has 0 aliphatic carbocycles. The Morgan fingerprint density at radius 3 is 3.08 bits per heavy atom. The van der Waals surface area contributed by atoms with E-state index in [9.17, 15) is 0 Å². The van der Waals surface area contributed by atoms with Crippen LogP contribution in [0.25, 0.3) is 0 Å². The first-order valence-corrected chi connectivity index (χ1v) is 4.76. The van der Waals surface area contributed by atoms with E-state index in [1.807, 2.05) is 10.9 Å². The molecule has 0 N–H and O–H groups in total. The molecule has 1 aromatic heterocycles. The lowest BCUT2D eigenvalue weighted by molar-refractivity contribution is -0.0538. The van der Waals surface area contributed by atoms with Crippen molar-refractivity contribution in [3.05, 3.63) is 16.4 Å². The van der Waals surface area contributed by atoms with Crippen molar-refractivity contribution < 1.29 is 4.74 Å². The molecule has 0 saturated carbocycles. The number of hydrogen-bond donors (Lipinski definition) is 0. The topological polar surface area (TPSA) is 27.1 Å². The van der Waals surface area contributed by atoms with Crippen LogP contribution in [0.5, 0.6) is 0 Å². The Bertz CT molecular complexity index is 306. The minimum Gasteiger partial charge on any atom is -0.367 e. The predicted molar refractivity (Wildman–Crippen MR) is 48.9 cm³/mol. The molecule has 1 aliphatic heterocycles. The summed E-state index contributed by atoms with van der Waals surface area (Å²) in [5.41, 5.74) is 0.918. The zero-order chi connectivity index (χ0) is 8.77. The zero-order valence-electron chi connectivity index (χ0n) is 7.17. The maximum Gasteiger partial charge on any atom is 0.105 e. The Kier molecular flexibility index (Phi) is 1.77. The van der Waals surface area contributed by atoms with Gasteiger partial charge in [-0.25, -0.2) is 0 Å². The number of fused-ring (bicyclic) bond motifs is 1. The molecular weight excluding hydrogens is 220 g/mol. The van der Waals surface area contributed by atoms with Crippen LogP contribution in [0.2, 0.25) is 0 Å². The smallest absolute Gasteiger partial charge is 0.105 e. The number of aromatic nitrogens is 2. The van der Waals surface area contributed by atoms with Crippen molar-refractivity contribution in [1.29, 1.82) is 0 Å². The molecule has 0 bridgehead atoms. The van der Waals surface area contributed by atoms with E-state index in [1.54, 1.807) is 0 Å². The Labute approximate surface area is 79.8 Å². The van der Waals surface area contributed by atoms with Crippen LogP contribution in [0.3, 0.4) is 0 Å². The van der Waals surface area contributed by atoms with E-state index in [0.717, 1.165) is 23.3 Å². The molecule has 0 fully saturated rings. The van der Waals surface area contributed by atoms with Crippen LogP contribution in [0.4, 0.5) is 0 Å². The quantitative estimate of drug-likeness (QED) is 0.681. The van der Waals surface area contributed by atoms with Gasteiger partial charge in [-0.15, -0.1) is 0 Å². The van der Waals surface area contributed by atoms with Gasteiger partial charge in [-0.05, 0) is 29.8 Å². The van der Waals surface area contributed by atoms with Gasteiger partial charge >= 0.3 is 0 Å². The standard InChI is InChI=1S/C8H11BrN2O/c1-8(2)7-6(9)5-10-11(7)3-4-12-8/h5H,3-4H2,1-2H3. The molecule has 12 heavy (non-hydrogen) atoms. The van der Waals surface area contributed by atoms with Crippen LogP contribution in [0.15, 0.2) is 10.7 Å². The van der Waals surface area contributed by atoms with Gasteiger partial charge in [-0.2, -0.15) is 5.10 Å². The third kappa shape index (κ3) is 1.10. The fourth-order valence-electron chi connectivity index (χ4n) is 1.59. The fourth-order valence-corrected chi connectivity index (χ4v) is 2.36. The second-order valence-electron chi connectivity index (χ2n) is 3.42. The van der Waals surface area contributed by atoms with Gasteiger partial charge in [-0.1, -0.05) is 0 Å². The Morgan fingerprint density at radius 1 is 1.67 bits per heavy atom. The lowest BCUT2D eigenvalue weighted by Gasteiger charge is -2.31. The first kappa shape index (κ1) is 8.26. The Balaban J connectivity index is 2.56. The number of rotatable bonds is 0. The maximum atomic E-state index is 5.64. The molecule has 3 nitrogen and oxygen atoms in total. The summed E-state index contributed by atoms with van der Waals surface area (Å²) in [7, 11) is 0. The van der Waals surface area contributed by atoms with E-state index in [-0.39, 0.29) is 5.60 Å². The molecule has 2 heterocycles. The lowest BCUT2D eigenvalue weighted by Crippen LogP contribution is -2.33. The maximum absolute atomic E-state index is 5.64. The van der Waals surface area contributed by atoms with Crippen LogP contribution in [0, 0.1) is 0 Å². The molecule has 0 atom stereocenters. The molecule has 0 saturated heterocycles. The number of hydrogen-bond acceptors (Lipinski definition) is 2. The van der Waals surface area contributed by atoms with Crippen molar-refractivity contribution >= 4 is 15.9 Å². The van der Waals surface area contributed by atoms with Crippen LogP contribution >= 0.6 is 15.9 Å². The summed E-state index contributed by atoms with van der Waals surface area (Å²) < 4.78 is 8.67. The second-order valence-corrected chi connectivity index (χ2v) is 4.28. The zero-order valence-corrected chi connectivity index (χ0v) is 8.76. The first-order valence-electron chi connectivity index (χ1n) is 3.97. The van der Waals surface area contributed by atoms with Crippen molar-refractivity contribution in [1.82, 2.24) is 9.78 Å². The normalized spacial score (nSPS) is 20.6. The summed E-state index contributed by atoms with van der Waals surface area (Å²) in [4.78, 5) is 0. The summed E-state index contributed by atoms with van der Waals surface area (Å²) in [6, 6.07) is 0. The van der Waals surface area contributed by atoms with Crippen LogP contribution < -0.4 is 0 Å². The molecular formula is C8H11BrN2O. The van der Waals surface area contributed by atoms with E-state index >= 15 is 0 Å². The van der Waals surface area contributed by atoms with E-state index in [4.69, 9.17) is 4.74 Å². The minimum atomic E-state index is -0.215. The molecule has 0 spiro atoms. The summed E-state index contributed by atoms with van der Waals surface area (Å²) in [5, 5.41) is 4.24. The largest absolute Gasteiger partial charge is 0.367 e. The van der Waals surface area contributed by atoms with Crippen LogP contribution in [-0.4, -0.2) is 16.4 Å². The Morgan fingerprint density at radius 2 is 2.42 bits per heavy atom. The van der Waals surface area contributed by atoms with Gasteiger partial charge in [0.15, 0.2) is 0 Å². The number of ether oxygens (including phenoxy) is 1. The summed E-state index contributed by atoms with van der Waals surface area (Å²) in [6.45, 7) is 5.72. The third-order valence-corrected chi connectivity index (χ3v) is 2.71. The highest BCUT2D eigenvalue weighted by Gasteiger charge is 2.31. The average Bonchev–Trinajstić information content (AvgIpc) is 2.32. The van der Waals surface area contributed by atoms with Crippen LogP contribution in [0.1, 0.15) is 19.5 Å². The average molecular weight is 231 g/mol. The monoisotopic (exact) mass is 230 g/mol. The highest BCUT2D eigenvalue weighted by Crippen LogP contribution is 2.33. The van der Waals surface area contributed by atoms with Gasteiger partial charge in [0.25, 0.3) is 0 Å². The van der Waals surface area contributed by atoms with Crippen molar-refractivity contribution in [3.8, 4) is 0 Å². The summed E-state index contributed by atoms with van der Waals surface area (Å²) in [6.07, 6.45) is 1.83. The summed E-state index contributed by atoms with van der Waals surface area (Å²) >= 11 is 3.46. The van der Waals surface area contributed by atoms with Gasteiger partial charge in [0.05, 0.1) is 29.5 Å². The van der Waals surface area contributed by atoms with Gasteiger partial charge in [0.1, 0.15) is 5.60 Å². The third-order valence-electron chi connectivity index (χ3n) is 2.13. The van der Waals surface area contributed by atoms with Crippen molar-refractivity contribution in [2.45, 2.75) is 26.0 Å². The molecule has 2 rings (SSSR count). The molecule has 0 unspecified atom stereocenters. The number of halogens is 1. The minimum absolute atomic E-state index is 0.215. The van der Waals surface area contributed by atoms with Crippen molar-refractivity contribution in [2.75, 3.05) is 6.61 Å². The SMILES string of the molecule is CC1(C)OCCn2ncc(Br)c21. The van der Waals surface area contributed by atoms with Crippen molar-refractivity contribution in [3.63, 3.8) is 0 Å². The van der Waals surface area contributed by atoms with Crippen LogP contribution in [-0.2, 0) is 16.9 Å². The van der Waals surface area contributed by atoms with Gasteiger partial charge in [-0.3, -0.25) is 4.68 Å². The predicted octanol–water partition coefficient (Wildman–Crippen LogP) is 1.91. The Hall–Kier alpha value is -0.350. The molecule has 4 heteroatoms. The highest BCUT2D eigenvalue weighted by molar-refractivity contribution is 9.10. The van der Waals surface area contributed by atoms with Gasteiger partial charge < -0.3 is 4.74 Å². The summed E-state index contributed by atoms with van der Waals surface area (Å²) in [5.74, 6) is 0. The second kappa shape index (κ2) is 2.57. The molecule has 1 aliphatic rings. The molecule has 0 amide bonds. The van der Waals surface area contributed by atoms with E-state index in [0.29, 0.717) is 0 Å². The van der Waals surface area contributed by atoms with E-state index < -0.39 is 0 Å². The number of nitrogens with zero attached hydrogens (tertiary/aromatic N) is 2. The van der Waals surface area contributed by atoms with E-state index in [2.05, 4.69) is 34.9 Å². The highest BCUT2D eigenvalue weighted by atomic mass is 79.9. The molecule has 1 aromatic rings. The molecule has 0 radical (unpaired) electrons.